The van der Waals surface area contributed by atoms with Crippen LogP contribution in [0.25, 0.3) is 0 Å². The van der Waals surface area contributed by atoms with Gasteiger partial charge in [0.25, 0.3) is 0 Å². The summed E-state index contributed by atoms with van der Waals surface area (Å²) in [4.78, 5) is 0. The average Bonchev–Trinajstić information content (AvgIpc) is 1.30. The molecule has 0 aliphatic carbocycles. The lowest BCUT2D eigenvalue weighted by atomic mass is 10.2. The molecule has 0 bridgehead atoms. The largest absolute Gasteiger partial charge is 0.416 e. The van der Waals surface area contributed by atoms with E-state index in [1.165, 1.54) is 0 Å². The van der Waals surface area contributed by atoms with Crippen LogP contribution in [-0.4, -0.2) is 15.4 Å². The van der Waals surface area contributed by atoms with E-state index in [-0.39, 0.29) is 15.4 Å². The SMILES string of the molecule is C[SiH]OC(C)(C)C. The van der Waals surface area contributed by atoms with Crippen LogP contribution in [0.1, 0.15) is 20.8 Å². The van der Waals surface area contributed by atoms with Gasteiger partial charge < -0.3 is 4.43 Å². The van der Waals surface area contributed by atoms with Gasteiger partial charge in [0, 0.05) is 5.60 Å². The van der Waals surface area contributed by atoms with E-state index in [2.05, 4.69) is 27.3 Å². The van der Waals surface area contributed by atoms with Gasteiger partial charge in [-0.1, -0.05) is 0 Å². The lowest BCUT2D eigenvalue weighted by Crippen LogP contribution is -2.19. The van der Waals surface area contributed by atoms with Gasteiger partial charge in [-0.2, -0.15) is 0 Å². The van der Waals surface area contributed by atoms with Crippen LogP contribution < -0.4 is 0 Å². The van der Waals surface area contributed by atoms with Gasteiger partial charge in [-0.25, -0.2) is 0 Å². The molecule has 0 aliphatic heterocycles. The van der Waals surface area contributed by atoms with Crippen molar-refractivity contribution in [3.63, 3.8) is 0 Å². The van der Waals surface area contributed by atoms with Crippen LogP contribution in [0.3, 0.4) is 0 Å². The molecular weight excluding hydrogens is 104 g/mol. The lowest BCUT2D eigenvalue weighted by Gasteiger charge is -2.17. The molecule has 2 heteroatoms. The maximum atomic E-state index is 5.31. The van der Waals surface area contributed by atoms with Gasteiger partial charge in [-0.15, -0.1) is 0 Å². The molecule has 0 rings (SSSR count). The van der Waals surface area contributed by atoms with Crippen molar-refractivity contribution in [3.8, 4) is 0 Å². The third kappa shape index (κ3) is 6.18. The predicted molar refractivity (Wildman–Crippen MR) is 33.9 cm³/mol. The minimum Gasteiger partial charge on any atom is -0.416 e. The van der Waals surface area contributed by atoms with Crippen molar-refractivity contribution >= 4 is 9.76 Å². The van der Waals surface area contributed by atoms with E-state index in [0.29, 0.717) is 0 Å². The van der Waals surface area contributed by atoms with E-state index in [9.17, 15) is 0 Å². The fraction of sp³-hybridized carbons (Fsp3) is 1.00. The maximum Gasteiger partial charge on any atom is 0.190 e. The topological polar surface area (TPSA) is 9.23 Å². The van der Waals surface area contributed by atoms with Crippen molar-refractivity contribution in [2.45, 2.75) is 32.9 Å². The lowest BCUT2D eigenvalue weighted by molar-refractivity contribution is 0.140. The Morgan fingerprint density at radius 2 is 1.71 bits per heavy atom. The number of rotatable bonds is 1. The van der Waals surface area contributed by atoms with E-state index in [4.69, 9.17) is 4.43 Å². The minimum absolute atomic E-state index is 0.0874. The molecule has 0 N–H and O–H groups in total. The number of hydrogen-bond acceptors (Lipinski definition) is 1. The summed E-state index contributed by atoms with van der Waals surface area (Å²) in [5, 5.41) is 0. The fourth-order valence-corrected chi connectivity index (χ4v) is 1.06. The zero-order chi connectivity index (χ0) is 5.91. The summed E-state index contributed by atoms with van der Waals surface area (Å²) < 4.78 is 5.31. The Bertz CT molecular complexity index is 46.5. The van der Waals surface area contributed by atoms with E-state index in [1.54, 1.807) is 0 Å². The summed E-state index contributed by atoms with van der Waals surface area (Å²) in [6.45, 7) is 8.31. The molecular formula is C5H13OSi. The van der Waals surface area contributed by atoms with Crippen LogP contribution in [0.2, 0.25) is 6.55 Å². The van der Waals surface area contributed by atoms with Crippen LogP contribution in [0.4, 0.5) is 0 Å². The van der Waals surface area contributed by atoms with Crippen LogP contribution in [-0.2, 0) is 4.43 Å². The molecule has 0 aromatic carbocycles. The number of hydrogen-bond donors (Lipinski definition) is 0. The second kappa shape index (κ2) is 2.48. The minimum atomic E-state index is 0.0874. The Morgan fingerprint density at radius 3 is 1.71 bits per heavy atom. The van der Waals surface area contributed by atoms with Crippen LogP contribution in [0.5, 0.6) is 0 Å². The molecule has 0 fully saturated rings. The van der Waals surface area contributed by atoms with Gasteiger partial charge in [0.15, 0.2) is 9.76 Å². The van der Waals surface area contributed by atoms with E-state index < -0.39 is 0 Å². The highest BCUT2D eigenvalue weighted by molar-refractivity contribution is 6.24. The van der Waals surface area contributed by atoms with E-state index >= 15 is 0 Å². The van der Waals surface area contributed by atoms with Crippen molar-refractivity contribution in [2.75, 3.05) is 0 Å². The molecule has 0 aliphatic rings. The quantitative estimate of drug-likeness (QED) is 0.469. The summed E-state index contributed by atoms with van der Waals surface area (Å²) in [6, 6.07) is 0. The molecule has 0 aromatic heterocycles. The first-order valence-corrected chi connectivity index (χ1v) is 4.14. The summed E-state index contributed by atoms with van der Waals surface area (Å²) in [5.41, 5.74) is 0.0874. The molecule has 43 valence electrons. The van der Waals surface area contributed by atoms with Crippen LogP contribution in [0, 0.1) is 0 Å². The maximum absolute atomic E-state index is 5.31. The summed E-state index contributed by atoms with van der Waals surface area (Å²) >= 11 is 0. The van der Waals surface area contributed by atoms with Gasteiger partial charge in [0.1, 0.15) is 0 Å². The summed E-state index contributed by atoms with van der Waals surface area (Å²) in [5.74, 6) is 0. The highest BCUT2D eigenvalue weighted by Crippen LogP contribution is 2.03. The molecule has 0 saturated heterocycles. The Hall–Kier alpha value is 0.177. The first-order valence-electron chi connectivity index (χ1n) is 2.52. The van der Waals surface area contributed by atoms with Gasteiger partial charge in [0.2, 0.25) is 0 Å². The first-order chi connectivity index (χ1) is 3.06. The Kier molecular flexibility index (Phi) is 2.54. The molecule has 0 unspecified atom stereocenters. The van der Waals surface area contributed by atoms with Gasteiger partial charge in [-0.05, 0) is 27.3 Å². The highest BCUT2D eigenvalue weighted by Gasteiger charge is 2.06. The summed E-state index contributed by atoms with van der Waals surface area (Å²) in [6.07, 6.45) is 0. The molecule has 1 nitrogen and oxygen atoms in total. The van der Waals surface area contributed by atoms with Gasteiger partial charge >= 0.3 is 0 Å². The van der Waals surface area contributed by atoms with Gasteiger partial charge in [-0.3, -0.25) is 0 Å². The first kappa shape index (κ1) is 7.18. The van der Waals surface area contributed by atoms with Crippen molar-refractivity contribution in [1.82, 2.24) is 0 Å². The predicted octanol–water partition coefficient (Wildman–Crippen LogP) is 1.20. The zero-order valence-electron chi connectivity index (χ0n) is 5.49. The second-order valence-corrected chi connectivity index (χ2v) is 3.17. The van der Waals surface area contributed by atoms with Crippen molar-refractivity contribution in [3.05, 3.63) is 0 Å². The third-order valence-electron chi connectivity index (χ3n) is 0.471. The normalized spacial score (nSPS) is 12.0. The van der Waals surface area contributed by atoms with Crippen molar-refractivity contribution < 1.29 is 4.43 Å². The Balaban J connectivity index is 3.15. The van der Waals surface area contributed by atoms with Crippen molar-refractivity contribution in [1.29, 1.82) is 0 Å². The molecule has 0 aromatic rings. The monoisotopic (exact) mass is 117 g/mol. The fourth-order valence-electron chi connectivity index (χ4n) is 0.354. The molecule has 0 heterocycles. The third-order valence-corrected chi connectivity index (χ3v) is 1.41. The molecule has 0 amide bonds. The standard InChI is InChI=1S/C5H13OSi/c1-5(2,3)6-7-4/h7H,1-4H3. The second-order valence-electron chi connectivity index (χ2n) is 2.47. The highest BCUT2D eigenvalue weighted by atomic mass is 28.2. The Labute approximate surface area is 48.0 Å². The molecule has 0 atom stereocenters. The van der Waals surface area contributed by atoms with Crippen LogP contribution >= 0.6 is 0 Å². The van der Waals surface area contributed by atoms with Crippen molar-refractivity contribution in [2.24, 2.45) is 0 Å². The van der Waals surface area contributed by atoms with E-state index in [1.807, 2.05) is 0 Å². The average molecular weight is 117 g/mol. The molecule has 7 heavy (non-hydrogen) atoms. The molecule has 1 radical (unpaired) electrons. The summed E-state index contributed by atoms with van der Waals surface area (Å²) in [7, 11) is 0.209. The Morgan fingerprint density at radius 1 is 1.29 bits per heavy atom. The van der Waals surface area contributed by atoms with E-state index in [0.717, 1.165) is 0 Å². The smallest absolute Gasteiger partial charge is 0.190 e. The van der Waals surface area contributed by atoms with Crippen LogP contribution in [0.15, 0.2) is 0 Å². The zero-order valence-corrected chi connectivity index (χ0v) is 6.64. The molecule has 0 saturated carbocycles. The van der Waals surface area contributed by atoms with Gasteiger partial charge in [0.05, 0.1) is 0 Å². The molecule has 0 spiro atoms.